The van der Waals surface area contributed by atoms with Crippen molar-refractivity contribution in [3.05, 3.63) is 83.1 Å². The molecule has 0 bridgehead atoms. The number of nitrogens with zero attached hydrogens (tertiary/aromatic N) is 1. The van der Waals surface area contributed by atoms with Crippen molar-refractivity contribution in [2.45, 2.75) is 38.1 Å². The molecule has 0 saturated carbocycles. The summed E-state index contributed by atoms with van der Waals surface area (Å²) in [4.78, 5) is 4.28. The van der Waals surface area contributed by atoms with Gasteiger partial charge in [-0.05, 0) is 62.4 Å². The standard InChI is InChI=1S/C24H24F2N2O/c25-20-11-9-18(15-21(20)26)22(28-14-12-16-5-2-1-3-6-16)19-10-8-17-7-4-13-27-23(17)24(19)29/h4-5,7-11,13,15,22,28-29H,1-3,6,12,14H2. The van der Waals surface area contributed by atoms with E-state index in [1.807, 2.05) is 24.3 Å². The number of hydrogen-bond donors (Lipinski definition) is 2. The quantitative estimate of drug-likeness (QED) is 0.520. The number of rotatable bonds is 6. The number of phenols is 1. The maximum atomic E-state index is 13.9. The molecule has 5 heteroatoms. The first-order valence-corrected chi connectivity index (χ1v) is 10.1. The van der Waals surface area contributed by atoms with Crippen LogP contribution in [0.5, 0.6) is 5.75 Å². The topological polar surface area (TPSA) is 45.1 Å². The third-order valence-corrected chi connectivity index (χ3v) is 5.55. The van der Waals surface area contributed by atoms with Gasteiger partial charge in [-0.15, -0.1) is 0 Å². The first kappa shape index (κ1) is 19.5. The SMILES string of the molecule is Oc1c(C(NCCC2=CCCCC2)c2ccc(F)c(F)c2)ccc2cccnc12. The molecule has 1 atom stereocenters. The van der Waals surface area contributed by atoms with E-state index < -0.39 is 17.7 Å². The minimum absolute atomic E-state index is 0.0576. The van der Waals surface area contributed by atoms with E-state index in [1.165, 1.54) is 24.5 Å². The lowest BCUT2D eigenvalue weighted by Crippen LogP contribution is -2.24. The van der Waals surface area contributed by atoms with Crippen LogP contribution in [0.25, 0.3) is 10.9 Å². The largest absolute Gasteiger partial charge is 0.505 e. The zero-order valence-electron chi connectivity index (χ0n) is 16.2. The predicted octanol–water partition coefficient (Wildman–Crippen LogP) is 5.79. The lowest BCUT2D eigenvalue weighted by atomic mass is 9.94. The summed E-state index contributed by atoms with van der Waals surface area (Å²) in [6.45, 7) is 0.676. The summed E-state index contributed by atoms with van der Waals surface area (Å²) in [7, 11) is 0. The maximum Gasteiger partial charge on any atom is 0.159 e. The van der Waals surface area contributed by atoms with Gasteiger partial charge >= 0.3 is 0 Å². The van der Waals surface area contributed by atoms with Crippen LogP contribution < -0.4 is 5.32 Å². The number of aromatic nitrogens is 1. The number of aromatic hydroxyl groups is 1. The van der Waals surface area contributed by atoms with Gasteiger partial charge in [0.25, 0.3) is 0 Å². The molecule has 2 aromatic carbocycles. The Balaban J connectivity index is 1.66. The summed E-state index contributed by atoms with van der Waals surface area (Å²) in [5.41, 5.74) is 3.08. The van der Waals surface area contributed by atoms with Crippen LogP contribution in [0.3, 0.4) is 0 Å². The molecule has 2 N–H and O–H groups in total. The molecule has 0 radical (unpaired) electrons. The van der Waals surface area contributed by atoms with Crippen molar-refractivity contribution in [2.75, 3.05) is 6.54 Å². The average molecular weight is 394 g/mol. The fourth-order valence-electron chi connectivity index (χ4n) is 3.99. The van der Waals surface area contributed by atoms with E-state index in [1.54, 1.807) is 12.3 Å². The van der Waals surface area contributed by atoms with E-state index in [4.69, 9.17) is 0 Å². The minimum atomic E-state index is -0.900. The Morgan fingerprint density at radius 2 is 1.97 bits per heavy atom. The lowest BCUT2D eigenvalue weighted by Gasteiger charge is -2.22. The number of allylic oxidation sites excluding steroid dienone is 1. The Bertz CT molecular complexity index is 1050. The zero-order valence-corrected chi connectivity index (χ0v) is 16.2. The molecular weight excluding hydrogens is 370 g/mol. The van der Waals surface area contributed by atoms with E-state index in [9.17, 15) is 13.9 Å². The molecule has 150 valence electrons. The molecular formula is C24H24F2N2O. The van der Waals surface area contributed by atoms with Gasteiger partial charge in [-0.2, -0.15) is 0 Å². The second-order valence-electron chi connectivity index (χ2n) is 7.50. The predicted molar refractivity (Wildman–Crippen MR) is 111 cm³/mol. The fourth-order valence-corrected chi connectivity index (χ4v) is 3.99. The van der Waals surface area contributed by atoms with Gasteiger partial charge in [0.1, 0.15) is 11.3 Å². The molecule has 1 unspecified atom stereocenters. The van der Waals surface area contributed by atoms with Crippen molar-refractivity contribution in [1.82, 2.24) is 10.3 Å². The summed E-state index contributed by atoms with van der Waals surface area (Å²) < 4.78 is 27.4. The molecule has 29 heavy (non-hydrogen) atoms. The molecule has 1 heterocycles. The Kier molecular flexibility index (Phi) is 5.86. The van der Waals surface area contributed by atoms with Crippen molar-refractivity contribution in [1.29, 1.82) is 0 Å². The Morgan fingerprint density at radius 3 is 2.76 bits per heavy atom. The first-order chi connectivity index (χ1) is 14.1. The first-order valence-electron chi connectivity index (χ1n) is 10.1. The minimum Gasteiger partial charge on any atom is -0.505 e. The summed E-state index contributed by atoms with van der Waals surface area (Å²) in [6, 6.07) is 10.8. The second kappa shape index (κ2) is 8.70. The molecule has 1 aromatic heterocycles. The van der Waals surface area contributed by atoms with Crippen LogP contribution in [0.2, 0.25) is 0 Å². The number of nitrogens with one attached hydrogen (secondary N) is 1. The second-order valence-corrected chi connectivity index (χ2v) is 7.50. The molecule has 1 aliphatic carbocycles. The molecule has 0 aliphatic heterocycles. The highest BCUT2D eigenvalue weighted by Crippen LogP contribution is 2.35. The normalized spacial score (nSPS) is 15.3. The highest BCUT2D eigenvalue weighted by molar-refractivity contribution is 5.85. The molecule has 0 amide bonds. The van der Waals surface area contributed by atoms with Gasteiger partial charge in [0, 0.05) is 17.1 Å². The third-order valence-electron chi connectivity index (χ3n) is 5.55. The van der Waals surface area contributed by atoms with E-state index in [0.717, 1.165) is 30.7 Å². The molecule has 0 spiro atoms. The number of hydrogen-bond acceptors (Lipinski definition) is 3. The van der Waals surface area contributed by atoms with Gasteiger partial charge in [0.15, 0.2) is 11.6 Å². The van der Waals surface area contributed by atoms with Crippen molar-refractivity contribution in [3.8, 4) is 5.75 Å². The highest BCUT2D eigenvalue weighted by Gasteiger charge is 2.21. The van der Waals surface area contributed by atoms with E-state index in [0.29, 0.717) is 23.2 Å². The van der Waals surface area contributed by atoms with Crippen LogP contribution in [0, 0.1) is 11.6 Å². The summed E-state index contributed by atoms with van der Waals surface area (Å²) in [5.74, 6) is -1.73. The van der Waals surface area contributed by atoms with Crippen LogP contribution in [0.4, 0.5) is 8.78 Å². The molecule has 0 saturated heterocycles. The van der Waals surface area contributed by atoms with Crippen LogP contribution in [0.1, 0.15) is 49.3 Å². The van der Waals surface area contributed by atoms with E-state index in [-0.39, 0.29) is 5.75 Å². The molecule has 3 aromatic rings. The van der Waals surface area contributed by atoms with Crippen LogP contribution in [-0.2, 0) is 0 Å². The van der Waals surface area contributed by atoms with Crippen LogP contribution in [0.15, 0.2) is 60.3 Å². The average Bonchev–Trinajstić information content (AvgIpc) is 2.75. The Hall–Kier alpha value is -2.79. The van der Waals surface area contributed by atoms with Gasteiger partial charge in [-0.1, -0.05) is 35.9 Å². The smallest absolute Gasteiger partial charge is 0.159 e. The molecule has 0 fully saturated rings. The van der Waals surface area contributed by atoms with Crippen molar-refractivity contribution >= 4 is 10.9 Å². The fraction of sp³-hybridized carbons (Fsp3) is 0.292. The molecule has 1 aliphatic rings. The van der Waals surface area contributed by atoms with Gasteiger partial charge < -0.3 is 10.4 Å². The number of fused-ring (bicyclic) bond motifs is 1. The maximum absolute atomic E-state index is 13.9. The zero-order chi connectivity index (χ0) is 20.2. The summed E-state index contributed by atoms with van der Waals surface area (Å²) >= 11 is 0. The lowest BCUT2D eigenvalue weighted by molar-refractivity contribution is 0.460. The number of benzene rings is 2. The number of halogens is 2. The molecule has 3 nitrogen and oxygen atoms in total. The Labute approximate surface area is 169 Å². The van der Waals surface area contributed by atoms with Crippen molar-refractivity contribution in [3.63, 3.8) is 0 Å². The van der Waals surface area contributed by atoms with Gasteiger partial charge in [0.05, 0.1) is 6.04 Å². The van der Waals surface area contributed by atoms with E-state index >= 15 is 0 Å². The summed E-state index contributed by atoms with van der Waals surface area (Å²) in [6.07, 6.45) is 9.52. The van der Waals surface area contributed by atoms with Gasteiger partial charge in [-0.3, -0.25) is 4.98 Å². The van der Waals surface area contributed by atoms with Crippen molar-refractivity contribution in [2.24, 2.45) is 0 Å². The number of pyridine rings is 1. The molecule has 4 rings (SSSR count). The van der Waals surface area contributed by atoms with Crippen molar-refractivity contribution < 1.29 is 13.9 Å². The third kappa shape index (κ3) is 4.30. The van der Waals surface area contributed by atoms with Gasteiger partial charge in [-0.25, -0.2) is 8.78 Å². The van der Waals surface area contributed by atoms with Gasteiger partial charge in [0.2, 0.25) is 0 Å². The summed E-state index contributed by atoms with van der Waals surface area (Å²) in [5, 5.41) is 15.1. The Morgan fingerprint density at radius 1 is 1.07 bits per heavy atom. The van der Waals surface area contributed by atoms with Crippen LogP contribution in [-0.4, -0.2) is 16.6 Å². The van der Waals surface area contributed by atoms with Crippen LogP contribution >= 0.6 is 0 Å². The van der Waals surface area contributed by atoms with E-state index in [2.05, 4.69) is 16.4 Å². The number of phenolic OH excluding ortho intramolecular Hbond substituents is 1. The highest BCUT2D eigenvalue weighted by atomic mass is 19.2. The monoisotopic (exact) mass is 394 g/mol.